The van der Waals surface area contributed by atoms with Crippen LogP contribution in [0.25, 0.3) is 0 Å². The first-order valence-corrected chi connectivity index (χ1v) is 12.0. The second-order valence-corrected chi connectivity index (χ2v) is 8.69. The molecule has 0 aliphatic rings. The molecule has 7 nitrogen and oxygen atoms in total. The molecule has 0 bridgehead atoms. The van der Waals surface area contributed by atoms with Gasteiger partial charge in [-0.15, -0.1) is 0 Å². The summed E-state index contributed by atoms with van der Waals surface area (Å²) in [7, 11) is -3.59. The Balaban J connectivity index is 1.93. The highest BCUT2D eigenvalue weighted by atomic mass is 32.2. The lowest BCUT2D eigenvalue weighted by Gasteiger charge is -2.13. The molecule has 0 aliphatic heterocycles. The monoisotopic (exact) mass is 439 g/mol. The molecule has 2 aromatic rings. The number of nitrogens with zero attached hydrogens (tertiary/aromatic N) is 2. The van der Waals surface area contributed by atoms with E-state index in [2.05, 4.69) is 25.3 Å². The summed E-state index contributed by atoms with van der Waals surface area (Å²) in [6, 6.07) is 7.78. The fourth-order valence-electron chi connectivity index (χ4n) is 2.50. The summed E-state index contributed by atoms with van der Waals surface area (Å²) in [4.78, 5) is 8.47. The number of aromatic nitrogens is 1. The Kier molecular flexibility index (Phi) is 9.36. The topological polar surface area (TPSA) is 95.5 Å². The van der Waals surface area contributed by atoms with Gasteiger partial charge in [0.05, 0.1) is 6.54 Å². The summed E-state index contributed by atoms with van der Waals surface area (Å²) in [6.45, 7) is 3.54. The van der Waals surface area contributed by atoms with E-state index in [0.717, 1.165) is 11.1 Å². The Morgan fingerprint density at radius 1 is 1.21 bits per heavy atom. The molecule has 1 aromatic carbocycles. The van der Waals surface area contributed by atoms with Gasteiger partial charge < -0.3 is 10.6 Å². The van der Waals surface area contributed by atoms with Gasteiger partial charge in [0.1, 0.15) is 10.7 Å². The average molecular weight is 440 g/mol. The highest BCUT2D eigenvalue weighted by molar-refractivity contribution is 7.97. The Bertz CT molecular complexity index is 908. The Hall–Kier alpha value is -2.17. The van der Waals surface area contributed by atoms with Crippen molar-refractivity contribution in [1.82, 2.24) is 20.3 Å². The minimum absolute atomic E-state index is 0.123. The molecule has 2 rings (SSSR count). The predicted molar refractivity (Wildman–Crippen MR) is 116 cm³/mol. The van der Waals surface area contributed by atoms with E-state index >= 15 is 0 Å². The molecule has 10 heteroatoms. The largest absolute Gasteiger partial charge is 0.357 e. The molecular weight excluding hydrogens is 413 g/mol. The summed E-state index contributed by atoms with van der Waals surface area (Å²) in [5.74, 6) is 1.02. The molecule has 1 heterocycles. The highest BCUT2D eigenvalue weighted by Gasteiger charge is 2.12. The van der Waals surface area contributed by atoms with Gasteiger partial charge in [-0.3, -0.25) is 4.98 Å². The van der Waals surface area contributed by atoms with E-state index in [0.29, 0.717) is 31.3 Å². The number of nitrogens with one attached hydrogen (secondary N) is 3. The third kappa shape index (κ3) is 7.64. The SMILES string of the molecule is CCNC(=NCc1ccc(F)cc1CSC)NCCNS(=O)(=O)c1cccnc1. The summed E-state index contributed by atoms with van der Waals surface area (Å²) >= 11 is 1.62. The standard InChI is InChI=1S/C19H26FN5O2S2/c1-3-22-19(24-12-15-6-7-17(20)11-16(15)14-28-2)23-9-10-25-29(26,27)18-5-4-8-21-13-18/h4-8,11,13,25H,3,9-10,12,14H2,1-2H3,(H2,22,23,24). The van der Waals surface area contributed by atoms with Crippen molar-refractivity contribution >= 4 is 27.7 Å². The number of hydrogen-bond acceptors (Lipinski definition) is 5. The molecule has 0 radical (unpaired) electrons. The lowest BCUT2D eigenvalue weighted by atomic mass is 10.1. The van der Waals surface area contributed by atoms with Crippen molar-refractivity contribution in [3.05, 3.63) is 59.7 Å². The number of rotatable bonds is 10. The van der Waals surface area contributed by atoms with Crippen LogP contribution in [0.4, 0.5) is 4.39 Å². The van der Waals surface area contributed by atoms with Crippen LogP contribution in [0.15, 0.2) is 52.6 Å². The van der Waals surface area contributed by atoms with Crippen LogP contribution in [0.2, 0.25) is 0 Å². The molecule has 0 saturated heterocycles. The smallest absolute Gasteiger partial charge is 0.242 e. The Morgan fingerprint density at radius 3 is 2.72 bits per heavy atom. The highest BCUT2D eigenvalue weighted by Crippen LogP contribution is 2.17. The van der Waals surface area contributed by atoms with Gasteiger partial charge in [0.2, 0.25) is 10.0 Å². The van der Waals surface area contributed by atoms with Crippen molar-refractivity contribution in [1.29, 1.82) is 0 Å². The maximum absolute atomic E-state index is 13.5. The van der Waals surface area contributed by atoms with Crippen LogP contribution < -0.4 is 15.4 Å². The molecule has 0 amide bonds. The van der Waals surface area contributed by atoms with Gasteiger partial charge in [0, 0.05) is 37.8 Å². The number of benzene rings is 1. The number of aliphatic imine (C=N–C) groups is 1. The quantitative estimate of drug-likeness (QED) is 0.298. The molecule has 0 unspecified atom stereocenters. The van der Waals surface area contributed by atoms with Gasteiger partial charge in [-0.25, -0.2) is 22.5 Å². The molecule has 3 N–H and O–H groups in total. The van der Waals surface area contributed by atoms with Gasteiger partial charge in [-0.1, -0.05) is 6.07 Å². The first-order valence-electron chi connectivity index (χ1n) is 9.14. The van der Waals surface area contributed by atoms with Gasteiger partial charge >= 0.3 is 0 Å². The zero-order valence-electron chi connectivity index (χ0n) is 16.5. The number of guanidine groups is 1. The van der Waals surface area contributed by atoms with Crippen LogP contribution in [-0.4, -0.2) is 45.3 Å². The summed E-state index contributed by atoms with van der Waals surface area (Å²) < 4.78 is 40.4. The molecule has 0 saturated carbocycles. The number of thioether (sulfide) groups is 1. The van der Waals surface area contributed by atoms with Crippen LogP contribution >= 0.6 is 11.8 Å². The number of halogens is 1. The lowest BCUT2D eigenvalue weighted by molar-refractivity contribution is 0.580. The van der Waals surface area contributed by atoms with E-state index in [1.54, 1.807) is 23.9 Å². The van der Waals surface area contributed by atoms with Crippen LogP contribution in [0.3, 0.4) is 0 Å². The van der Waals surface area contributed by atoms with Crippen molar-refractivity contribution in [2.75, 3.05) is 25.9 Å². The maximum atomic E-state index is 13.5. The van der Waals surface area contributed by atoms with E-state index in [1.165, 1.54) is 30.6 Å². The zero-order chi connectivity index (χ0) is 21.1. The minimum Gasteiger partial charge on any atom is -0.357 e. The van der Waals surface area contributed by atoms with Crippen LogP contribution in [0.1, 0.15) is 18.1 Å². The van der Waals surface area contributed by atoms with Crippen molar-refractivity contribution in [2.45, 2.75) is 24.1 Å². The molecule has 29 heavy (non-hydrogen) atoms. The molecule has 0 fully saturated rings. The first kappa shape index (κ1) is 23.1. The molecule has 0 spiro atoms. The Labute approximate surface area is 175 Å². The molecule has 158 valence electrons. The van der Waals surface area contributed by atoms with Crippen molar-refractivity contribution in [2.24, 2.45) is 4.99 Å². The fourth-order valence-corrected chi connectivity index (χ4v) is 4.07. The van der Waals surface area contributed by atoms with Crippen molar-refractivity contribution in [3.63, 3.8) is 0 Å². The molecule has 1 aromatic heterocycles. The average Bonchev–Trinajstić information content (AvgIpc) is 2.71. The van der Waals surface area contributed by atoms with E-state index in [9.17, 15) is 12.8 Å². The summed E-state index contributed by atoms with van der Waals surface area (Å²) in [5, 5.41) is 6.21. The van der Waals surface area contributed by atoms with Gasteiger partial charge in [0.15, 0.2) is 5.96 Å². The molecule has 0 aliphatic carbocycles. The number of sulfonamides is 1. The van der Waals surface area contributed by atoms with Crippen LogP contribution in [0.5, 0.6) is 0 Å². The first-order chi connectivity index (χ1) is 14.0. The fraction of sp³-hybridized carbons (Fsp3) is 0.368. The van der Waals surface area contributed by atoms with E-state index in [1.807, 2.05) is 13.2 Å². The second kappa shape index (κ2) is 11.7. The Morgan fingerprint density at radius 2 is 2.03 bits per heavy atom. The number of hydrogen-bond donors (Lipinski definition) is 3. The molecule has 0 atom stereocenters. The predicted octanol–water partition coefficient (Wildman–Crippen LogP) is 2.12. The van der Waals surface area contributed by atoms with Crippen LogP contribution in [0, 0.1) is 5.82 Å². The number of pyridine rings is 1. The molecular formula is C19H26FN5O2S2. The second-order valence-electron chi connectivity index (χ2n) is 6.05. The van der Waals surface area contributed by atoms with Crippen molar-refractivity contribution in [3.8, 4) is 0 Å². The lowest BCUT2D eigenvalue weighted by Crippen LogP contribution is -2.41. The minimum atomic E-state index is -3.59. The van der Waals surface area contributed by atoms with Crippen LogP contribution in [-0.2, 0) is 22.3 Å². The maximum Gasteiger partial charge on any atom is 0.242 e. The van der Waals surface area contributed by atoms with E-state index < -0.39 is 10.0 Å². The van der Waals surface area contributed by atoms with Gasteiger partial charge in [-0.2, -0.15) is 11.8 Å². The summed E-state index contributed by atoms with van der Waals surface area (Å²) in [5.41, 5.74) is 1.87. The van der Waals surface area contributed by atoms with Crippen molar-refractivity contribution < 1.29 is 12.8 Å². The summed E-state index contributed by atoms with van der Waals surface area (Å²) in [6.07, 6.45) is 4.79. The van der Waals surface area contributed by atoms with E-state index in [-0.39, 0.29) is 17.3 Å². The van der Waals surface area contributed by atoms with E-state index in [4.69, 9.17) is 0 Å². The van der Waals surface area contributed by atoms with Gasteiger partial charge in [0.25, 0.3) is 0 Å². The van der Waals surface area contributed by atoms with Gasteiger partial charge in [-0.05, 0) is 48.6 Å². The normalized spacial score (nSPS) is 12.0. The third-order valence-electron chi connectivity index (χ3n) is 3.87. The third-order valence-corrected chi connectivity index (χ3v) is 5.92. The zero-order valence-corrected chi connectivity index (χ0v) is 18.1.